The van der Waals surface area contributed by atoms with Crippen LogP contribution in [0.3, 0.4) is 0 Å². The first-order valence-electron chi connectivity index (χ1n) is 9.12. The second kappa shape index (κ2) is 9.02. The molecule has 7 nitrogen and oxygen atoms in total. The molecule has 0 unspecified atom stereocenters. The molecule has 2 heterocycles. The molecule has 7 heteroatoms. The summed E-state index contributed by atoms with van der Waals surface area (Å²) in [5.41, 5.74) is 1.26. The van der Waals surface area contributed by atoms with Gasteiger partial charge in [0.15, 0.2) is 24.8 Å². The van der Waals surface area contributed by atoms with Crippen LogP contribution in [0.2, 0.25) is 0 Å². The Labute approximate surface area is 158 Å². The normalized spacial score (nSPS) is 14.5. The van der Waals surface area contributed by atoms with Gasteiger partial charge in [0.1, 0.15) is 5.56 Å². The molecule has 1 aliphatic rings. The van der Waals surface area contributed by atoms with Gasteiger partial charge in [-0.05, 0) is 25.0 Å². The summed E-state index contributed by atoms with van der Waals surface area (Å²) >= 11 is 0. The van der Waals surface area contributed by atoms with E-state index >= 15 is 0 Å². The third kappa shape index (κ3) is 5.44. The number of rotatable bonds is 7. The molecule has 0 aromatic carbocycles. The Kier molecular flexibility index (Phi) is 6.25. The van der Waals surface area contributed by atoms with E-state index in [0.717, 1.165) is 25.7 Å². The lowest BCUT2D eigenvalue weighted by atomic mass is 10.2. The highest BCUT2D eigenvalue weighted by atomic mass is 16.4. The summed E-state index contributed by atoms with van der Waals surface area (Å²) in [5, 5.41) is 14.7. The maximum Gasteiger partial charge on any atom is 0.261 e. The molecule has 27 heavy (non-hydrogen) atoms. The SMILES string of the molecule is O=C(C[n+]1cccc(/C=N\O)c1)C[n+]1cccc(C(=O)NC2CCCC2)c1. The van der Waals surface area contributed by atoms with Crippen molar-refractivity contribution in [1.29, 1.82) is 0 Å². The van der Waals surface area contributed by atoms with Gasteiger partial charge < -0.3 is 10.5 Å². The first-order chi connectivity index (χ1) is 13.1. The highest BCUT2D eigenvalue weighted by Crippen LogP contribution is 2.17. The summed E-state index contributed by atoms with van der Waals surface area (Å²) in [6.45, 7) is 0.370. The quantitative estimate of drug-likeness (QED) is 0.331. The molecular weight excluding hydrogens is 344 g/mol. The molecule has 0 saturated heterocycles. The van der Waals surface area contributed by atoms with Crippen LogP contribution < -0.4 is 14.5 Å². The number of carbonyl (C=O) groups is 2. The Morgan fingerprint density at radius 3 is 2.48 bits per heavy atom. The molecule has 1 amide bonds. The smallest absolute Gasteiger partial charge is 0.261 e. The summed E-state index contributed by atoms with van der Waals surface area (Å²) in [6.07, 6.45) is 12.7. The van der Waals surface area contributed by atoms with Crippen molar-refractivity contribution in [3.05, 3.63) is 60.2 Å². The van der Waals surface area contributed by atoms with Gasteiger partial charge in [-0.15, -0.1) is 0 Å². The van der Waals surface area contributed by atoms with Gasteiger partial charge in [0.25, 0.3) is 11.7 Å². The summed E-state index contributed by atoms with van der Waals surface area (Å²) in [7, 11) is 0. The number of nitrogens with zero attached hydrogens (tertiary/aromatic N) is 3. The highest BCUT2D eigenvalue weighted by molar-refractivity contribution is 5.93. The number of nitrogens with one attached hydrogen (secondary N) is 1. The fourth-order valence-corrected chi connectivity index (χ4v) is 3.33. The zero-order valence-corrected chi connectivity index (χ0v) is 15.1. The molecular formula is C20H24N4O3+2. The van der Waals surface area contributed by atoms with E-state index in [9.17, 15) is 9.59 Å². The van der Waals surface area contributed by atoms with Crippen molar-refractivity contribution < 1.29 is 23.9 Å². The third-order valence-electron chi connectivity index (χ3n) is 4.62. The third-order valence-corrected chi connectivity index (χ3v) is 4.62. The van der Waals surface area contributed by atoms with E-state index in [4.69, 9.17) is 5.21 Å². The second-order valence-corrected chi connectivity index (χ2v) is 6.81. The molecule has 2 aromatic heterocycles. The minimum absolute atomic E-state index is 0.00330. The van der Waals surface area contributed by atoms with Gasteiger partial charge in [0.2, 0.25) is 13.1 Å². The fourth-order valence-electron chi connectivity index (χ4n) is 3.33. The zero-order valence-electron chi connectivity index (χ0n) is 15.1. The molecule has 1 aliphatic carbocycles. The number of amides is 1. The lowest BCUT2D eigenvalue weighted by molar-refractivity contribution is -0.702. The van der Waals surface area contributed by atoms with E-state index in [1.807, 2.05) is 0 Å². The Hall–Kier alpha value is -3.09. The molecule has 0 radical (unpaired) electrons. The molecule has 0 bridgehead atoms. The van der Waals surface area contributed by atoms with Crippen molar-refractivity contribution in [2.24, 2.45) is 5.16 Å². The van der Waals surface area contributed by atoms with Gasteiger partial charge in [-0.25, -0.2) is 0 Å². The number of oxime groups is 1. The van der Waals surface area contributed by atoms with E-state index in [1.165, 1.54) is 6.21 Å². The van der Waals surface area contributed by atoms with Crippen LogP contribution >= 0.6 is 0 Å². The summed E-state index contributed by atoms with van der Waals surface area (Å²) in [6, 6.07) is 7.37. The lowest BCUT2D eigenvalue weighted by Gasteiger charge is -2.10. The molecule has 140 valence electrons. The van der Waals surface area contributed by atoms with Crippen molar-refractivity contribution in [1.82, 2.24) is 5.32 Å². The van der Waals surface area contributed by atoms with Crippen LogP contribution in [-0.2, 0) is 17.9 Å². The van der Waals surface area contributed by atoms with Crippen LogP contribution in [0.25, 0.3) is 0 Å². The Balaban J connectivity index is 1.60. The van der Waals surface area contributed by atoms with Gasteiger partial charge in [-0.3, -0.25) is 9.59 Å². The van der Waals surface area contributed by atoms with Crippen molar-refractivity contribution in [3.63, 3.8) is 0 Å². The largest absolute Gasteiger partial charge is 0.411 e. The van der Waals surface area contributed by atoms with Gasteiger partial charge in [-0.2, -0.15) is 9.13 Å². The summed E-state index contributed by atoms with van der Waals surface area (Å²) < 4.78 is 3.46. The molecule has 3 rings (SSSR count). The van der Waals surface area contributed by atoms with Crippen LogP contribution in [0.15, 0.2) is 54.2 Å². The first kappa shape index (κ1) is 18.7. The molecule has 0 spiro atoms. The second-order valence-electron chi connectivity index (χ2n) is 6.81. The number of aromatic nitrogens is 2. The van der Waals surface area contributed by atoms with Crippen molar-refractivity contribution in [3.8, 4) is 0 Å². The average molecular weight is 368 g/mol. The topological polar surface area (TPSA) is 86.5 Å². The highest BCUT2D eigenvalue weighted by Gasteiger charge is 2.20. The van der Waals surface area contributed by atoms with Crippen LogP contribution in [-0.4, -0.2) is 29.2 Å². The molecule has 0 aliphatic heterocycles. The van der Waals surface area contributed by atoms with E-state index in [-0.39, 0.29) is 30.8 Å². The number of Topliss-reactive ketones (excluding diaryl/α,β-unsaturated/α-hetero) is 1. The van der Waals surface area contributed by atoms with Crippen LogP contribution in [0.1, 0.15) is 41.6 Å². The Morgan fingerprint density at radius 1 is 1.11 bits per heavy atom. The number of hydrogen-bond donors (Lipinski definition) is 2. The Morgan fingerprint density at radius 2 is 1.78 bits per heavy atom. The van der Waals surface area contributed by atoms with Gasteiger partial charge in [0.05, 0.1) is 11.8 Å². The molecule has 2 N–H and O–H groups in total. The van der Waals surface area contributed by atoms with Gasteiger partial charge >= 0.3 is 0 Å². The van der Waals surface area contributed by atoms with Crippen molar-refractivity contribution in [2.75, 3.05) is 0 Å². The number of pyridine rings is 2. The Bertz CT molecular complexity index is 845. The van der Waals surface area contributed by atoms with E-state index < -0.39 is 0 Å². The van der Waals surface area contributed by atoms with Crippen LogP contribution in [0.4, 0.5) is 0 Å². The predicted octanol–water partition coefficient (Wildman–Crippen LogP) is 1.01. The predicted molar refractivity (Wildman–Crippen MR) is 97.4 cm³/mol. The molecule has 0 atom stereocenters. The maximum absolute atomic E-state index is 12.4. The molecule has 1 saturated carbocycles. The lowest BCUT2D eigenvalue weighted by Crippen LogP contribution is -2.45. The minimum atomic E-state index is -0.0888. The summed E-state index contributed by atoms with van der Waals surface area (Å²) in [5.74, 6) is -0.0921. The van der Waals surface area contributed by atoms with E-state index in [0.29, 0.717) is 11.1 Å². The van der Waals surface area contributed by atoms with Gasteiger partial charge in [0, 0.05) is 18.2 Å². The van der Waals surface area contributed by atoms with Crippen LogP contribution in [0.5, 0.6) is 0 Å². The standard InChI is InChI=1S/C20H22N4O3/c25-19(14-23-9-3-5-16(12-23)11-21-27)15-24-10-4-6-17(13-24)20(26)22-18-7-1-2-8-18/h3-6,9-13,18H,1-2,7-8,14-15H2/p+2/b21-11-. The monoisotopic (exact) mass is 368 g/mol. The average Bonchev–Trinajstić information content (AvgIpc) is 3.15. The van der Waals surface area contributed by atoms with Crippen molar-refractivity contribution in [2.45, 2.75) is 44.8 Å². The molecule has 1 fully saturated rings. The van der Waals surface area contributed by atoms with Crippen molar-refractivity contribution >= 4 is 17.9 Å². The zero-order chi connectivity index (χ0) is 19.1. The minimum Gasteiger partial charge on any atom is -0.411 e. The van der Waals surface area contributed by atoms with E-state index in [1.54, 1.807) is 58.2 Å². The van der Waals surface area contributed by atoms with Gasteiger partial charge in [-0.1, -0.05) is 18.0 Å². The maximum atomic E-state index is 12.4. The first-order valence-corrected chi connectivity index (χ1v) is 9.12. The number of carbonyl (C=O) groups excluding carboxylic acids is 2. The number of hydrogen-bond acceptors (Lipinski definition) is 4. The number of ketones is 1. The molecule has 2 aromatic rings. The van der Waals surface area contributed by atoms with E-state index in [2.05, 4.69) is 10.5 Å². The fraction of sp³-hybridized carbons (Fsp3) is 0.350. The van der Waals surface area contributed by atoms with Crippen LogP contribution in [0, 0.1) is 0 Å². The summed E-state index contributed by atoms with van der Waals surface area (Å²) in [4.78, 5) is 24.8.